The van der Waals surface area contributed by atoms with Gasteiger partial charge < -0.3 is 5.32 Å². The number of anilines is 2. The van der Waals surface area contributed by atoms with Gasteiger partial charge in [0.25, 0.3) is 0 Å². The molecule has 2 aromatic rings. The third-order valence-electron chi connectivity index (χ3n) is 2.17. The number of hydrogen-bond donors (Lipinski definition) is 3. The highest BCUT2D eigenvalue weighted by atomic mass is 35.5. The SMILES string of the molecule is NNc1nccc(NCc2ccc(Cl)cc2)n1. The van der Waals surface area contributed by atoms with E-state index >= 15 is 0 Å². The van der Waals surface area contributed by atoms with Crippen molar-refractivity contribution in [2.75, 3.05) is 10.7 Å². The van der Waals surface area contributed by atoms with Crippen LogP contribution in [-0.2, 0) is 6.54 Å². The lowest BCUT2D eigenvalue weighted by molar-refractivity contribution is 1.07. The Morgan fingerprint density at radius 1 is 1.18 bits per heavy atom. The summed E-state index contributed by atoms with van der Waals surface area (Å²) in [5.74, 6) is 6.32. The van der Waals surface area contributed by atoms with Crippen molar-refractivity contribution in [3.8, 4) is 0 Å². The second-order valence-corrected chi connectivity index (χ2v) is 3.83. The van der Waals surface area contributed by atoms with Crippen LogP contribution in [0.3, 0.4) is 0 Å². The van der Waals surface area contributed by atoms with Crippen LogP contribution < -0.4 is 16.6 Å². The zero-order valence-corrected chi connectivity index (χ0v) is 9.78. The predicted octanol–water partition coefficient (Wildman–Crippen LogP) is 2.03. The van der Waals surface area contributed by atoms with Gasteiger partial charge in [-0.25, -0.2) is 10.8 Å². The van der Waals surface area contributed by atoms with E-state index in [2.05, 4.69) is 20.7 Å². The summed E-state index contributed by atoms with van der Waals surface area (Å²) in [6, 6.07) is 9.39. The summed E-state index contributed by atoms with van der Waals surface area (Å²) in [7, 11) is 0. The summed E-state index contributed by atoms with van der Waals surface area (Å²) in [6.45, 7) is 0.665. The molecule has 1 aromatic carbocycles. The molecule has 0 aliphatic carbocycles. The number of halogens is 1. The molecule has 0 bridgehead atoms. The van der Waals surface area contributed by atoms with Crippen molar-refractivity contribution in [2.45, 2.75) is 6.54 Å². The van der Waals surface area contributed by atoms with Gasteiger partial charge in [-0.1, -0.05) is 23.7 Å². The zero-order chi connectivity index (χ0) is 12.1. The maximum Gasteiger partial charge on any atom is 0.239 e. The molecule has 0 saturated carbocycles. The fraction of sp³-hybridized carbons (Fsp3) is 0.0909. The molecule has 2 rings (SSSR count). The standard InChI is InChI=1S/C11H12ClN5/c12-9-3-1-8(2-4-9)7-15-10-5-6-14-11(16-10)17-13/h1-6H,7,13H2,(H2,14,15,16,17). The molecular weight excluding hydrogens is 238 g/mol. The lowest BCUT2D eigenvalue weighted by atomic mass is 10.2. The molecule has 0 aliphatic rings. The minimum Gasteiger partial charge on any atom is -0.366 e. The van der Waals surface area contributed by atoms with Crippen molar-refractivity contribution in [3.05, 3.63) is 47.1 Å². The average Bonchev–Trinajstić information content (AvgIpc) is 2.38. The Balaban J connectivity index is 1.99. The highest BCUT2D eigenvalue weighted by molar-refractivity contribution is 6.30. The molecule has 17 heavy (non-hydrogen) atoms. The Kier molecular flexibility index (Phi) is 3.74. The van der Waals surface area contributed by atoms with Crippen molar-refractivity contribution in [1.82, 2.24) is 9.97 Å². The summed E-state index contributed by atoms with van der Waals surface area (Å²) in [5.41, 5.74) is 3.51. The first-order valence-electron chi connectivity index (χ1n) is 5.06. The van der Waals surface area contributed by atoms with E-state index in [-0.39, 0.29) is 0 Å². The zero-order valence-electron chi connectivity index (χ0n) is 9.02. The number of hydrazine groups is 1. The number of nitrogens with two attached hydrogens (primary N) is 1. The molecule has 5 nitrogen and oxygen atoms in total. The Morgan fingerprint density at radius 2 is 1.94 bits per heavy atom. The smallest absolute Gasteiger partial charge is 0.239 e. The number of nitrogen functional groups attached to an aromatic ring is 1. The molecule has 0 saturated heterocycles. The van der Waals surface area contributed by atoms with Crippen molar-refractivity contribution in [1.29, 1.82) is 0 Å². The quantitative estimate of drug-likeness (QED) is 0.571. The number of nitrogens with zero attached hydrogens (tertiary/aromatic N) is 2. The molecule has 0 spiro atoms. The largest absolute Gasteiger partial charge is 0.366 e. The number of benzene rings is 1. The van der Waals surface area contributed by atoms with E-state index in [1.807, 2.05) is 24.3 Å². The molecular formula is C11H12ClN5. The fourth-order valence-corrected chi connectivity index (χ4v) is 1.45. The predicted molar refractivity (Wildman–Crippen MR) is 68.6 cm³/mol. The van der Waals surface area contributed by atoms with Gasteiger partial charge in [-0.05, 0) is 23.8 Å². The highest BCUT2D eigenvalue weighted by Gasteiger charge is 1.97. The Hall–Kier alpha value is -1.85. The Labute approximate surface area is 104 Å². The minimum atomic E-state index is 0.381. The van der Waals surface area contributed by atoms with Gasteiger partial charge >= 0.3 is 0 Å². The van der Waals surface area contributed by atoms with E-state index in [9.17, 15) is 0 Å². The van der Waals surface area contributed by atoms with Crippen LogP contribution in [0.2, 0.25) is 5.02 Å². The van der Waals surface area contributed by atoms with Gasteiger partial charge in [-0.2, -0.15) is 4.98 Å². The molecule has 1 aromatic heterocycles. The Morgan fingerprint density at radius 3 is 2.65 bits per heavy atom. The van der Waals surface area contributed by atoms with Crippen molar-refractivity contribution < 1.29 is 0 Å². The summed E-state index contributed by atoms with van der Waals surface area (Å²) in [4.78, 5) is 8.06. The summed E-state index contributed by atoms with van der Waals surface area (Å²) in [5, 5.41) is 3.89. The number of aromatic nitrogens is 2. The summed E-state index contributed by atoms with van der Waals surface area (Å²) in [6.07, 6.45) is 1.63. The molecule has 0 aliphatic heterocycles. The maximum absolute atomic E-state index is 5.81. The second-order valence-electron chi connectivity index (χ2n) is 3.39. The topological polar surface area (TPSA) is 75.9 Å². The molecule has 0 fully saturated rings. The van der Waals surface area contributed by atoms with Crippen LogP contribution >= 0.6 is 11.6 Å². The van der Waals surface area contributed by atoms with E-state index in [0.717, 1.165) is 10.6 Å². The van der Waals surface area contributed by atoms with Crippen molar-refractivity contribution in [3.63, 3.8) is 0 Å². The summed E-state index contributed by atoms with van der Waals surface area (Å²) >= 11 is 5.81. The van der Waals surface area contributed by atoms with Crippen LogP contribution in [-0.4, -0.2) is 9.97 Å². The lowest BCUT2D eigenvalue weighted by Gasteiger charge is -2.06. The molecule has 1 heterocycles. The van der Waals surface area contributed by atoms with E-state index in [0.29, 0.717) is 18.3 Å². The second kappa shape index (κ2) is 5.47. The molecule has 0 unspecified atom stereocenters. The normalized spacial score (nSPS) is 10.0. The monoisotopic (exact) mass is 249 g/mol. The van der Waals surface area contributed by atoms with Crippen LogP contribution in [0, 0.1) is 0 Å². The molecule has 0 radical (unpaired) electrons. The highest BCUT2D eigenvalue weighted by Crippen LogP contribution is 2.11. The van der Waals surface area contributed by atoms with Gasteiger partial charge in [0.05, 0.1) is 0 Å². The molecule has 88 valence electrons. The van der Waals surface area contributed by atoms with Crippen LogP contribution in [0.4, 0.5) is 11.8 Å². The van der Waals surface area contributed by atoms with Crippen molar-refractivity contribution in [2.24, 2.45) is 5.84 Å². The van der Waals surface area contributed by atoms with E-state index in [4.69, 9.17) is 17.4 Å². The Bertz CT molecular complexity index is 485. The third kappa shape index (κ3) is 3.30. The molecule has 0 amide bonds. The van der Waals surface area contributed by atoms with Gasteiger partial charge in [-0.3, -0.25) is 5.43 Å². The van der Waals surface area contributed by atoms with E-state index in [1.54, 1.807) is 12.3 Å². The van der Waals surface area contributed by atoms with Gasteiger partial charge in [0, 0.05) is 17.8 Å². The van der Waals surface area contributed by atoms with Crippen LogP contribution in [0.5, 0.6) is 0 Å². The van der Waals surface area contributed by atoms with Crippen LogP contribution in [0.25, 0.3) is 0 Å². The number of hydrogen-bond acceptors (Lipinski definition) is 5. The van der Waals surface area contributed by atoms with Crippen LogP contribution in [0.15, 0.2) is 36.5 Å². The van der Waals surface area contributed by atoms with E-state index < -0.39 is 0 Å². The maximum atomic E-state index is 5.81. The first-order valence-corrected chi connectivity index (χ1v) is 5.44. The molecule has 0 atom stereocenters. The first-order chi connectivity index (χ1) is 8.28. The lowest BCUT2D eigenvalue weighted by Crippen LogP contribution is -2.11. The third-order valence-corrected chi connectivity index (χ3v) is 2.42. The van der Waals surface area contributed by atoms with Gasteiger partial charge in [0.2, 0.25) is 5.95 Å². The fourth-order valence-electron chi connectivity index (χ4n) is 1.32. The van der Waals surface area contributed by atoms with Gasteiger partial charge in [-0.15, -0.1) is 0 Å². The average molecular weight is 250 g/mol. The van der Waals surface area contributed by atoms with E-state index in [1.165, 1.54) is 0 Å². The number of rotatable bonds is 4. The molecule has 6 heteroatoms. The van der Waals surface area contributed by atoms with Crippen molar-refractivity contribution >= 4 is 23.4 Å². The number of nitrogens with one attached hydrogen (secondary N) is 2. The minimum absolute atomic E-state index is 0.381. The molecule has 4 N–H and O–H groups in total. The first kappa shape index (κ1) is 11.6. The van der Waals surface area contributed by atoms with Crippen LogP contribution in [0.1, 0.15) is 5.56 Å². The van der Waals surface area contributed by atoms with Gasteiger partial charge in [0.15, 0.2) is 0 Å². The summed E-state index contributed by atoms with van der Waals surface area (Å²) < 4.78 is 0. The van der Waals surface area contributed by atoms with Gasteiger partial charge in [0.1, 0.15) is 5.82 Å².